The number of nitrogens with zero attached hydrogens (tertiary/aromatic N) is 4. The van der Waals surface area contributed by atoms with Crippen LogP contribution in [0.3, 0.4) is 0 Å². The molecule has 0 saturated carbocycles. The zero-order valence-corrected chi connectivity index (χ0v) is 25.2. The van der Waals surface area contributed by atoms with E-state index in [0.29, 0.717) is 27.1 Å². The minimum Gasteiger partial charge on any atom is -0.463 e. The van der Waals surface area contributed by atoms with Crippen LogP contribution in [0.25, 0.3) is 17.0 Å². The maximum atomic E-state index is 14.1. The van der Waals surface area contributed by atoms with Crippen molar-refractivity contribution in [1.29, 1.82) is 0 Å². The van der Waals surface area contributed by atoms with Crippen LogP contribution in [0.2, 0.25) is 0 Å². The number of anilines is 1. The fourth-order valence-corrected chi connectivity index (χ4v) is 6.55. The first kappa shape index (κ1) is 28.4. The molecule has 0 N–H and O–H groups in total. The zero-order chi connectivity index (χ0) is 30.2. The molecule has 0 radical (unpaired) electrons. The third kappa shape index (κ3) is 5.32. The van der Waals surface area contributed by atoms with E-state index in [1.807, 2.05) is 79.8 Å². The summed E-state index contributed by atoms with van der Waals surface area (Å²) in [6.45, 7) is 4.32. The van der Waals surface area contributed by atoms with Crippen molar-refractivity contribution in [1.82, 2.24) is 9.13 Å². The summed E-state index contributed by atoms with van der Waals surface area (Å²) >= 11 is 1.30. The van der Waals surface area contributed by atoms with Crippen molar-refractivity contribution in [3.63, 3.8) is 0 Å². The Morgan fingerprint density at radius 3 is 2.49 bits per heavy atom. The van der Waals surface area contributed by atoms with Gasteiger partial charge < -0.3 is 14.2 Å². The second-order valence-corrected chi connectivity index (χ2v) is 11.7. The molecule has 7 nitrogen and oxygen atoms in total. The van der Waals surface area contributed by atoms with Gasteiger partial charge in [0.15, 0.2) is 4.80 Å². The molecule has 5 aromatic rings. The average Bonchev–Trinajstić information content (AvgIpc) is 3.49. The number of thiazole rings is 1. The first-order valence-corrected chi connectivity index (χ1v) is 14.9. The molecule has 9 heteroatoms. The maximum absolute atomic E-state index is 14.1. The van der Waals surface area contributed by atoms with E-state index in [1.54, 1.807) is 30.5 Å². The second kappa shape index (κ2) is 11.5. The Hall–Kier alpha value is -4.76. The molecule has 1 atom stereocenters. The molecule has 0 saturated heterocycles. The Balaban J connectivity index is 1.50. The van der Waals surface area contributed by atoms with Gasteiger partial charge in [-0.05, 0) is 61.4 Å². The van der Waals surface area contributed by atoms with Gasteiger partial charge in [0.2, 0.25) is 0 Å². The molecule has 1 aliphatic rings. The first-order chi connectivity index (χ1) is 20.7. The summed E-state index contributed by atoms with van der Waals surface area (Å²) in [5.74, 6) is -0.756. The molecule has 6 rings (SSSR count). The summed E-state index contributed by atoms with van der Waals surface area (Å²) < 4.78 is 23.1. The van der Waals surface area contributed by atoms with E-state index in [4.69, 9.17) is 9.73 Å². The van der Waals surface area contributed by atoms with Crippen LogP contribution >= 0.6 is 11.3 Å². The largest absolute Gasteiger partial charge is 0.463 e. The molecule has 3 aromatic carbocycles. The number of rotatable bonds is 7. The summed E-state index contributed by atoms with van der Waals surface area (Å²) in [7, 11) is 3.92. The number of fused-ring (bicyclic) bond motifs is 2. The highest BCUT2D eigenvalue weighted by molar-refractivity contribution is 7.07. The van der Waals surface area contributed by atoms with E-state index in [-0.39, 0.29) is 18.0 Å². The van der Waals surface area contributed by atoms with Gasteiger partial charge in [-0.25, -0.2) is 14.2 Å². The Labute approximate surface area is 252 Å². The van der Waals surface area contributed by atoms with Gasteiger partial charge in [0, 0.05) is 49.0 Å². The molecule has 0 aliphatic carbocycles. The Kier molecular flexibility index (Phi) is 7.58. The molecule has 43 heavy (non-hydrogen) atoms. The molecule has 1 aliphatic heterocycles. The van der Waals surface area contributed by atoms with Gasteiger partial charge in [-0.15, -0.1) is 0 Å². The minimum absolute atomic E-state index is 0.217. The number of hydrogen-bond acceptors (Lipinski definition) is 6. The standard InChI is InChI=1S/C34H31FN4O3S/c1-5-42-33(41)30-21(2)36-34-39(31(30)23-12-16-26(17-13-23)37(3)4)32(40)29(43-34)18-24-20-38(28-9-7-6-8-27(24)28)19-22-10-14-25(35)15-11-22/h6-18,20,31H,5,19H2,1-4H3/b29-18+. The fraction of sp³-hybridized carbons (Fsp3) is 0.206. The molecular weight excluding hydrogens is 563 g/mol. The molecule has 0 fully saturated rings. The lowest BCUT2D eigenvalue weighted by atomic mass is 9.95. The lowest BCUT2D eigenvalue weighted by Gasteiger charge is -2.25. The van der Waals surface area contributed by atoms with E-state index in [2.05, 4.69) is 4.57 Å². The number of allylic oxidation sites excluding steroid dienone is 1. The highest BCUT2D eigenvalue weighted by Crippen LogP contribution is 2.32. The Morgan fingerprint density at radius 1 is 1.07 bits per heavy atom. The van der Waals surface area contributed by atoms with Gasteiger partial charge >= 0.3 is 5.97 Å². The van der Waals surface area contributed by atoms with Crippen molar-refractivity contribution < 1.29 is 13.9 Å². The third-order valence-electron chi connectivity index (χ3n) is 7.61. The number of carbonyl (C=O) groups is 1. The first-order valence-electron chi connectivity index (χ1n) is 14.0. The third-order valence-corrected chi connectivity index (χ3v) is 8.60. The van der Waals surface area contributed by atoms with Crippen molar-refractivity contribution in [2.45, 2.75) is 26.4 Å². The Morgan fingerprint density at radius 2 is 1.79 bits per heavy atom. The molecule has 218 valence electrons. The number of para-hydroxylation sites is 1. The highest BCUT2D eigenvalue weighted by Gasteiger charge is 2.33. The smallest absolute Gasteiger partial charge is 0.338 e. The van der Waals surface area contributed by atoms with Crippen molar-refractivity contribution in [2.24, 2.45) is 4.99 Å². The van der Waals surface area contributed by atoms with Crippen LogP contribution in [0.15, 0.2) is 100 Å². The lowest BCUT2D eigenvalue weighted by molar-refractivity contribution is -0.139. The van der Waals surface area contributed by atoms with Gasteiger partial charge in [-0.2, -0.15) is 0 Å². The maximum Gasteiger partial charge on any atom is 0.338 e. The lowest BCUT2D eigenvalue weighted by Crippen LogP contribution is -2.39. The topological polar surface area (TPSA) is 68.8 Å². The van der Waals surface area contributed by atoms with Crippen LogP contribution < -0.4 is 19.8 Å². The van der Waals surface area contributed by atoms with Gasteiger partial charge in [0.05, 0.1) is 28.5 Å². The number of aromatic nitrogens is 2. The van der Waals surface area contributed by atoms with E-state index >= 15 is 0 Å². The number of benzene rings is 3. The van der Waals surface area contributed by atoms with Crippen LogP contribution in [-0.2, 0) is 16.1 Å². The predicted octanol–water partition coefficient (Wildman–Crippen LogP) is 5.01. The quantitative estimate of drug-likeness (QED) is 0.249. The number of carbonyl (C=O) groups excluding carboxylic acids is 1. The SMILES string of the molecule is CCOC(=O)C1=C(C)N=c2s/c(=C/c3cn(Cc4ccc(F)cc4)c4ccccc34)c(=O)n2C1c1ccc(N(C)C)cc1. The van der Waals surface area contributed by atoms with Crippen molar-refractivity contribution in [3.05, 3.63) is 132 Å². The summed E-state index contributed by atoms with van der Waals surface area (Å²) in [5.41, 5.74) is 5.32. The van der Waals surface area contributed by atoms with Crippen molar-refractivity contribution >= 4 is 40.0 Å². The Bertz CT molecular complexity index is 2050. The van der Waals surface area contributed by atoms with Crippen LogP contribution in [0, 0.1) is 5.82 Å². The van der Waals surface area contributed by atoms with Gasteiger partial charge in [-0.1, -0.05) is 53.8 Å². The van der Waals surface area contributed by atoms with Crippen molar-refractivity contribution in [2.75, 3.05) is 25.6 Å². The normalized spacial score (nSPS) is 15.0. The van der Waals surface area contributed by atoms with E-state index in [0.717, 1.165) is 33.3 Å². The number of ether oxygens (including phenoxy) is 1. The van der Waals surface area contributed by atoms with E-state index in [1.165, 1.54) is 23.5 Å². The highest BCUT2D eigenvalue weighted by atomic mass is 32.1. The number of halogens is 1. The monoisotopic (exact) mass is 594 g/mol. The van der Waals surface area contributed by atoms with Crippen LogP contribution in [-0.4, -0.2) is 35.8 Å². The van der Waals surface area contributed by atoms with Crippen LogP contribution in [0.4, 0.5) is 10.1 Å². The number of hydrogen-bond donors (Lipinski definition) is 0. The summed E-state index contributed by atoms with van der Waals surface area (Å²) in [6.07, 6.45) is 3.90. The molecule has 0 amide bonds. The molecule has 2 aromatic heterocycles. The number of esters is 1. The van der Waals surface area contributed by atoms with E-state index < -0.39 is 12.0 Å². The average molecular weight is 595 g/mol. The van der Waals surface area contributed by atoms with Crippen LogP contribution in [0.5, 0.6) is 0 Å². The summed E-state index contributed by atoms with van der Waals surface area (Å²) in [5, 5.41) is 0.995. The van der Waals surface area contributed by atoms with Gasteiger partial charge in [0.25, 0.3) is 5.56 Å². The second-order valence-electron chi connectivity index (χ2n) is 10.6. The van der Waals surface area contributed by atoms with E-state index in [9.17, 15) is 14.0 Å². The van der Waals surface area contributed by atoms with Gasteiger partial charge in [0.1, 0.15) is 5.82 Å². The molecule has 0 spiro atoms. The zero-order valence-electron chi connectivity index (χ0n) is 24.4. The van der Waals surface area contributed by atoms with Gasteiger partial charge in [-0.3, -0.25) is 9.36 Å². The summed E-state index contributed by atoms with van der Waals surface area (Å²) in [6, 6.07) is 21.6. The molecular formula is C34H31FN4O3S. The molecule has 0 bridgehead atoms. The molecule has 1 unspecified atom stereocenters. The fourth-order valence-electron chi connectivity index (χ4n) is 5.51. The summed E-state index contributed by atoms with van der Waals surface area (Å²) in [4.78, 5) is 34.6. The van der Waals surface area contributed by atoms with Crippen molar-refractivity contribution in [3.8, 4) is 0 Å². The predicted molar refractivity (Wildman–Crippen MR) is 169 cm³/mol. The van der Waals surface area contributed by atoms with Crippen LogP contribution in [0.1, 0.15) is 36.6 Å². The molecule has 3 heterocycles. The minimum atomic E-state index is -0.673.